The highest BCUT2D eigenvalue weighted by Crippen LogP contribution is 2.51. The molecule has 43 heavy (non-hydrogen) atoms. The molecule has 0 radical (unpaired) electrons. The minimum absolute atomic E-state index is 0.00978. The molecule has 2 saturated heterocycles. The predicted molar refractivity (Wildman–Crippen MR) is 155 cm³/mol. The maximum absolute atomic E-state index is 14.9. The highest BCUT2D eigenvalue weighted by atomic mass is 35.5. The quantitative estimate of drug-likeness (QED) is 0.257. The smallest absolute Gasteiger partial charge is 0.335 e. The number of aromatic nitrogens is 2. The molecule has 3 aromatic carbocycles. The molecular formula is C32H30ClF2N3O5. The molecule has 0 spiro atoms. The van der Waals surface area contributed by atoms with E-state index >= 15 is 0 Å². The molecule has 4 aromatic rings. The number of carboxylic acid groups (broad SMARTS) is 1. The molecule has 0 aliphatic carbocycles. The maximum atomic E-state index is 14.9. The number of halogens is 3. The average Bonchev–Trinajstić information content (AvgIpc) is 3.49. The van der Waals surface area contributed by atoms with E-state index in [1.807, 2.05) is 0 Å². The second-order valence-electron chi connectivity index (χ2n) is 11.5. The number of nitrogens with zero attached hydrogens (tertiary/aromatic N) is 3. The van der Waals surface area contributed by atoms with Gasteiger partial charge in [0.15, 0.2) is 11.6 Å². The van der Waals surface area contributed by atoms with E-state index in [-0.39, 0.29) is 33.9 Å². The van der Waals surface area contributed by atoms with Crippen LogP contribution in [0.3, 0.4) is 0 Å². The third-order valence-electron chi connectivity index (χ3n) is 8.75. The molecule has 0 bridgehead atoms. The molecule has 1 N–H and O–H groups in total. The van der Waals surface area contributed by atoms with Crippen molar-refractivity contribution in [3.63, 3.8) is 0 Å². The number of imidazole rings is 1. The minimum atomic E-state index is -1.53. The summed E-state index contributed by atoms with van der Waals surface area (Å²) in [7, 11) is 0. The van der Waals surface area contributed by atoms with Crippen molar-refractivity contribution in [2.45, 2.75) is 57.1 Å². The third-order valence-corrected chi connectivity index (χ3v) is 8.99. The number of piperidine rings is 1. The van der Waals surface area contributed by atoms with Gasteiger partial charge in [-0.2, -0.15) is 0 Å². The fourth-order valence-electron chi connectivity index (χ4n) is 6.32. The molecule has 2 fully saturated rings. The molecule has 1 aromatic heterocycles. The van der Waals surface area contributed by atoms with Crippen molar-refractivity contribution >= 4 is 28.6 Å². The van der Waals surface area contributed by atoms with Crippen molar-refractivity contribution in [2.75, 3.05) is 19.7 Å². The van der Waals surface area contributed by atoms with Crippen molar-refractivity contribution in [1.82, 2.24) is 14.5 Å². The first kappa shape index (κ1) is 28.1. The Morgan fingerprint density at radius 1 is 1.05 bits per heavy atom. The lowest BCUT2D eigenvalue weighted by Crippen LogP contribution is -2.35. The summed E-state index contributed by atoms with van der Waals surface area (Å²) in [5, 5.41) is 9.77. The lowest BCUT2D eigenvalue weighted by Gasteiger charge is -2.33. The predicted octanol–water partition coefficient (Wildman–Crippen LogP) is 6.48. The minimum Gasteiger partial charge on any atom is -0.478 e. The first-order chi connectivity index (χ1) is 20.7. The SMILES string of the molecule is C[C@]1(c2ccc(Cl)cc2F)Oc2c(F)ccc(C3CCN(Cc4nc5ccc(C(=O)O)cc5n4C[C@@H]4CCO4)CC3)c2O1. The zero-order valence-corrected chi connectivity index (χ0v) is 24.2. The second kappa shape index (κ2) is 10.8. The number of carbonyl (C=O) groups is 1. The van der Waals surface area contributed by atoms with E-state index in [4.69, 9.17) is 30.8 Å². The molecule has 0 amide bonds. The molecule has 8 nitrogen and oxygen atoms in total. The fraction of sp³-hybridized carbons (Fsp3) is 0.375. The van der Waals surface area contributed by atoms with Crippen molar-refractivity contribution in [3.8, 4) is 11.5 Å². The van der Waals surface area contributed by atoms with E-state index in [1.165, 1.54) is 18.2 Å². The number of aromatic carboxylic acids is 1. The molecule has 3 aliphatic rings. The van der Waals surface area contributed by atoms with E-state index in [9.17, 15) is 18.7 Å². The van der Waals surface area contributed by atoms with E-state index in [0.717, 1.165) is 61.4 Å². The Labute approximate surface area is 251 Å². The molecule has 3 aliphatic heterocycles. The van der Waals surface area contributed by atoms with Crippen molar-refractivity contribution < 1.29 is 32.9 Å². The molecule has 11 heteroatoms. The summed E-state index contributed by atoms with van der Waals surface area (Å²) < 4.78 is 49.6. The van der Waals surface area contributed by atoms with Crippen LogP contribution < -0.4 is 9.47 Å². The van der Waals surface area contributed by atoms with Gasteiger partial charge >= 0.3 is 5.97 Å². The number of hydrogen-bond acceptors (Lipinski definition) is 6. The number of likely N-dealkylation sites (tertiary alicyclic amines) is 1. The summed E-state index contributed by atoms with van der Waals surface area (Å²) in [6.45, 7) is 5.07. The van der Waals surface area contributed by atoms with Crippen LogP contribution in [0.2, 0.25) is 5.02 Å². The highest BCUT2D eigenvalue weighted by Gasteiger charge is 2.44. The number of rotatable bonds is 7. The zero-order valence-electron chi connectivity index (χ0n) is 23.5. The van der Waals surface area contributed by atoms with Gasteiger partial charge in [0.1, 0.15) is 11.6 Å². The highest BCUT2D eigenvalue weighted by molar-refractivity contribution is 6.30. The second-order valence-corrected chi connectivity index (χ2v) is 12.0. The third kappa shape index (κ3) is 5.11. The summed E-state index contributed by atoms with van der Waals surface area (Å²) in [6.07, 6.45) is 2.64. The van der Waals surface area contributed by atoms with Gasteiger partial charge in [0.25, 0.3) is 5.79 Å². The van der Waals surface area contributed by atoms with Crippen molar-refractivity contribution in [2.24, 2.45) is 0 Å². The van der Waals surface area contributed by atoms with Crippen LogP contribution in [0.5, 0.6) is 11.5 Å². The summed E-state index contributed by atoms with van der Waals surface area (Å²) in [5.74, 6) is -2.40. The fourth-order valence-corrected chi connectivity index (χ4v) is 6.48. The van der Waals surface area contributed by atoms with Gasteiger partial charge in [-0.15, -0.1) is 0 Å². The lowest BCUT2D eigenvalue weighted by atomic mass is 9.88. The molecule has 4 heterocycles. The molecule has 7 rings (SSSR count). The van der Waals surface area contributed by atoms with Crippen LogP contribution in [0, 0.1) is 11.6 Å². The van der Waals surface area contributed by atoms with Gasteiger partial charge in [-0.05, 0) is 80.7 Å². The van der Waals surface area contributed by atoms with E-state index in [2.05, 4.69) is 9.47 Å². The van der Waals surface area contributed by atoms with Gasteiger partial charge in [0.05, 0.1) is 41.4 Å². The van der Waals surface area contributed by atoms with Gasteiger partial charge in [0.2, 0.25) is 5.75 Å². The first-order valence-corrected chi connectivity index (χ1v) is 14.8. The monoisotopic (exact) mass is 609 g/mol. The maximum Gasteiger partial charge on any atom is 0.335 e. The number of fused-ring (bicyclic) bond motifs is 2. The Hall–Kier alpha value is -3.73. The van der Waals surface area contributed by atoms with Gasteiger partial charge in [0, 0.05) is 24.1 Å². The van der Waals surface area contributed by atoms with Crippen molar-refractivity contribution in [1.29, 1.82) is 0 Å². The van der Waals surface area contributed by atoms with E-state index < -0.39 is 23.4 Å². The Morgan fingerprint density at radius 2 is 1.81 bits per heavy atom. The van der Waals surface area contributed by atoms with Crippen LogP contribution >= 0.6 is 11.6 Å². The Kier molecular flexibility index (Phi) is 7.03. The van der Waals surface area contributed by atoms with E-state index in [1.54, 1.807) is 37.3 Å². The van der Waals surface area contributed by atoms with Crippen LogP contribution in [-0.4, -0.2) is 51.3 Å². The van der Waals surface area contributed by atoms with Crippen LogP contribution in [-0.2, 0) is 23.6 Å². The molecule has 224 valence electrons. The molecular weight excluding hydrogens is 580 g/mol. The van der Waals surface area contributed by atoms with Crippen LogP contribution in [0.1, 0.15) is 59.4 Å². The first-order valence-electron chi connectivity index (χ1n) is 14.4. The number of benzene rings is 3. The summed E-state index contributed by atoms with van der Waals surface area (Å²) in [4.78, 5) is 18.8. The van der Waals surface area contributed by atoms with Crippen LogP contribution in [0.25, 0.3) is 11.0 Å². The molecule has 2 atom stereocenters. The van der Waals surface area contributed by atoms with Crippen LogP contribution in [0.4, 0.5) is 8.78 Å². The summed E-state index contributed by atoms with van der Waals surface area (Å²) in [6, 6.07) is 12.4. The lowest BCUT2D eigenvalue weighted by molar-refractivity contribution is -0.0724. The van der Waals surface area contributed by atoms with Gasteiger partial charge in [-0.3, -0.25) is 4.90 Å². The normalized spacial score (nSPS) is 22.2. The van der Waals surface area contributed by atoms with Gasteiger partial charge < -0.3 is 23.9 Å². The summed E-state index contributed by atoms with van der Waals surface area (Å²) in [5.41, 5.74) is 2.75. The average molecular weight is 610 g/mol. The molecule has 0 unspecified atom stereocenters. The Bertz CT molecular complexity index is 1730. The summed E-state index contributed by atoms with van der Waals surface area (Å²) >= 11 is 5.93. The number of ether oxygens (including phenoxy) is 3. The Morgan fingerprint density at radius 3 is 2.51 bits per heavy atom. The number of carboxylic acids is 1. The Balaban J connectivity index is 1.09. The topological polar surface area (TPSA) is 86.1 Å². The van der Waals surface area contributed by atoms with Crippen molar-refractivity contribution in [3.05, 3.63) is 87.7 Å². The molecule has 0 saturated carbocycles. The number of hydrogen-bond donors (Lipinski definition) is 1. The van der Waals surface area contributed by atoms with Gasteiger partial charge in [-0.25, -0.2) is 18.6 Å². The van der Waals surface area contributed by atoms with E-state index in [0.29, 0.717) is 18.8 Å². The van der Waals surface area contributed by atoms with Crippen LogP contribution in [0.15, 0.2) is 48.5 Å². The zero-order chi connectivity index (χ0) is 29.9. The standard InChI is InChI=1S/C32H30ClF2N3O5/c1-32(23-5-3-20(33)15-25(23)35)42-29-22(4-6-24(34)30(29)43-32)18-8-11-37(12-9-18)17-28-36-26-7-2-19(31(39)40)14-27(26)38(28)16-21-10-13-41-21/h2-7,14-15,18,21H,8-13,16-17H2,1H3,(H,39,40)/t21-,32+/m0/s1. The van der Waals surface area contributed by atoms with Gasteiger partial charge in [-0.1, -0.05) is 17.7 Å². The largest absolute Gasteiger partial charge is 0.478 e.